The molecular formula is C28H22ClN3O7S. The molecule has 0 aliphatic carbocycles. The van der Waals surface area contributed by atoms with E-state index in [1.54, 1.807) is 67.6 Å². The van der Waals surface area contributed by atoms with E-state index in [4.69, 9.17) is 25.5 Å². The second-order valence-corrected chi connectivity index (χ2v) is 10.2. The number of hydrogen-bond acceptors (Lipinski definition) is 9. The van der Waals surface area contributed by atoms with E-state index < -0.39 is 16.9 Å². The number of halogens is 1. The third-order valence-corrected chi connectivity index (χ3v) is 7.45. The first-order chi connectivity index (χ1) is 19.3. The molecule has 0 spiro atoms. The molecule has 0 bridgehead atoms. The average molecular weight is 580 g/mol. The van der Waals surface area contributed by atoms with Crippen molar-refractivity contribution in [2.45, 2.75) is 13.0 Å². The molecule has 0 saturated heterocycles. The molecule has 5 rings (SSSR count). The van der Waals surface area contributed by atoms with Crippen molar-refractivity contribution in [3.8, 4) is 11.3 Å². The van der Waals surface area contributed by atoms with Gasteiger partial charge in [-0.05, 0) is 42.8 Å². The number of esters is 1. The molecule has 40 heavy (non-hydrogen) atoms. The Labute approximate surface area is 236 Å². The van der Waals surface area contributed by atoms with E-state index in [-0.39, 0.29) is 30.0 Å². The molecule has 1 aliphatic rings. The predicted octanol–water partition coefficient (Wildman–Crippen LogP) is 4.25. The number of nitro benzene ring substituents is 1. The first-order valence-corrected chi connectivity index (χ1v) is 13.3. The van der Waals surface area contributed by atoms with Crippen molar-refractivity contribution in [3.05, 3.63) is 118 Å². The minimum atomic E-state index is -0.801. The number of ether oxygens (including phenoxy) is 2. The van der Waals surface area contributed by atoms with Crippen LogP contribution in [0, 0.1) is 10.1 Å². The maximum absolute atomic E-state index is 13.8. The molecule has 3 heterocycles. The smallest absolute Gasteiger partial charge is 0.338 e. The third kappa shape index (κ3) is 5.26. The van der Waals surface area contributed by atoms with Gasteiger partial charge in [0.2, 0.25) is 0 Å². The Kier molecular flexibility index (Phi) is 7.78. The number of nitro groups is 1. The monoisotopic (exact) mass is 579 g/mol. The van der Waals surface area contributed by atoms with Crippen molar-refractivity contribution in [3.63, 3.8) is 0 Å². The summed E-state index contributed by atoms with van der Waals surface area (Å²) in [7, 11) is 1.50. The van der Waals surface area contributed by atoms with Crippen molar-refractivity contribution < 1.29 is 23.6 Å². The lowest BCUT2D eigenvalue weighted by atomic mass is 9.96. The van der Waals surface area contributed by atoms with Gasteiger partial charge in [0.25, 0.3) is 11.2 Å². The third-order valence-electron chi connectivity index (χ3n) is 6.21. The number of fused-ring (bicyclic) bond motifs is 1. The Bertz CT molecular complexity index is 1820. The van der Waals surface area contributed by atoms with E-state index in [0.717, 1.165) is 11.3 Å². The fourth-order valence-electron chi connectivity index (χ4n) is 4.38. The number of carbonyl (C=O) groups is 1. The van der Waals surface area contributed by atoms with Gasteiger partial charge in [-0.3, -0.25) is 19.5 Å². The molecular weight excluding hydrogens is 558 g/mol. The summed E-state index contributed by atoms with van der Waals surface area (Å²) in [5.41, 5.74) is 1.15. The average Bonchev–Trinajstić information content (AvgIpc) is 3.52. The highest BCUT2D eigenvalue weighted by Crippen LogP contribution is 2.32. The lowest BCUT2D eigenvalue weighted by Crippen LogP contribution is -2.40. The highest BCUT2D eigenvalue weighted by Gasteiger charge is 2.33. The van der Waals surface area contributed by atoms with Crippen LogP contribution < -0.4 is 14.9 Å². The first-order valence-electron chi connectivity index (χ1n) is 12.1. The molecule has 1 unspecified atom stereocenters. The molecule has 0 saturated carbocycles. The zero-order valence-electron chi connectivity index (χ0n) is 21.3. The highest BCUT2D eigenvalue weighted by atomic mass is 35.5. The van der Waals surface area contributed by atoms with Crippen LogP contribution in [-0.4, -0.2) is 35.8 Å². The number of rotatable bonds is 8. The maximum Gasteiger partial charge on any atom is 0.338 e. The van der Waals surface area contributed by atoms with Gasteiger partial charge < -0.3 is 13.9 Å². The van der Waals surface area contributed by atoms with Crippen LogP contribution in [0.25, 0.3) is 17.4 Å². The molecule has 0 radical (unpaired) electrons. The zero-order valence-corrected chi connectivity index (χ0v) is 22.9. The topological polar surface area (TPSA) is 126 Å². The van der Waals surface area contributed by atoms with Crippen LogP contribution in [0.15, 0.2) is 86.1 Å². The summed E-state index contributed by atoms with van der Waals surface area (Å²) in [5.74, 6) is 0.0198. The van der Waals surface area contributed by atoms with Gasteiger partial charge in [-0.2, -0.15) is 0 Å². The molecule has 4 aromatic rings. The van der Waals surface area contributed by atoms with E-state index in [9.17, 15) is 19.7 Å². The van der Waals surface area contributed by atoms with Crippen molar-refractivity contribution in [1.82, 2.24) is 4.57 Å². The van der Waals surface area contributed by atoms with E-state index in [0.29, 0.717) is 42.7 Å². The van der Waals surface area contributed by atoms with E-state index in [2.05, 4.69) is 4.99 Å². The summed E-state index contributed by atoms with van der Waals surface area (Å²) in [6.45, 7) is 1.96. The van der Waals surface area contributed by atoms with Crippen LogP contribution in [0.4, 0.5) is 5.69 Å². The Morgan fingerprint density at radius 3 is 2.65 bits per heavy atom. The molecule has 0 N–H and O–H groups in total. The van der Waals surface area contributed by atoms with Crippen LogP contribution in [0.5, 0.6) is 0 Å². The Morgan fingerprint density at radius 1 is 1.18 bits per heavy atom. The van der Waals surface area contributed by atoms with Gasteiger partial charge in [-0.1, -0.05) is 47.2 Å². The van der Waals surface area contributed by atoms with Crippen molar-refractivity contribution in [2.75, 3.05) is 20.3 Å². The standard InChI is InChI=1S/C28H22ClN3O7S/c1-16-24(27(34)38-14-13-37-2)25(17-7-9-18(29)10-8-17)31-26(33)23(40-28(31)30-16)15-19-11-12-22(39-19)20-5-3-4-6-21(20)32(35)36/h3-12,15,25H,13-14H2,1-2H3. The number of thiazole rings is 1. The molecule has 1 aliphatic heterocycles. The van der Waals surface area contributed by atoms with E-state index in [1.807, 2.05) is 0 Å². The summed E-state index contributed by atoms with van der Waals surface area (Å²) in [4.78, 5) is 42.8. The maximum atomic E-state index is 13.8. The summed E-state index contributed by atoms with van der Waals surface area (Å²) >= 11 is 7.24. The van der Waals surface area contributed by atoms with E-state index >= 15 is 0 Å². The van der Waals surface area contributed by atoms with Gasteiger partial charge in [0.15, 0.2) is 4.80 Å². The SMILES string of the molecule is COCCOC(=O)C1=C(C)N=c2sc(=Cc3ccc(-c4ccccc4[N+](=O)[O-])o3)c(=O)n2C1c1ccc(Cl)cc1. The van der Waals surface area contributed by atoms with Crippen molar-refractivity contribution >= 4 is 40.7 Å². The fourth-order valence-corrected chi connectivity index (χ4v) is 5.54. The number of methoxy groups -OCH3 is 1. The minimum absolute atomic E-state index is 0.0459. The van der Waals surface area contributed by atoms with Gasteiger partial charge in [0.1, 0.15) is 18.1 Å². The second-order valence-electron chi connectivity index (χ2n) is 8.74. The highest BCUT2D eigenvalue weighted by molar-refractivity contribution is 7.07. The van der Waals surface area contributed by atoms with Gasteiger partial charge >= 0.3 is 5.97 Å². The Balaban J connectivity index is 1.60. The summed E-state index contributed by atoms with van der Waals surface area (Å²) in [5, 5.41) is 12.0. The quantitative estimate of drug-likeness (QED) is 0.132. The number of allylic oxidation sites excluding steroid dienone is 1. The summed E-state index contributed by atoms with van der Waals surface area (Å²) in [6, 6.07) is 15.5. The lowest BCUT2D eigenvalue weighted by Gasteiger charge is -2.24. The lowest BCUT2D eigenvalue weighted by molar-refractivity contribution is -0.384. The normalized spacial score (nSPS) is 15.1. The van der Waals surface area contributed by atoms with Crippen LogP contribution >= 0.6 is 22.9 Å². The van der Waals surface area contributed by atoms with Gasteiger partial charge in [0, 0.05) is 24.3 Å². The van der Waals surface area contributed by atoms with Crippen LogP contribution in [0.2, 0.25) is 5.02 Å². The van der Waals surface area contributed by atoms with Crippen molar-refractivity contribution in [1.29, 1.82) is 0 Å². The Hall–Kier alpha value is -4.32. The number of para-hydroxylation sites is 1. The summed E-state index contributed by atoms with van der Waals surface area (Å²) < 4.78 is 18.0. The van der Waals surface area contributed by atoms with E-state index in [1.165, 1.54) is 17.7 Å². The number of aromatic nitrogens is 1. The predicted molar refractivity (Wildman–Crippen MR) is 149 cm³/mol. The number of nitrogens with zero attached hydrogens (tertiary/aromatic N) is 3. The number of benzene rings is 2. The van der Waals surface area contributed by atoms with Crippen molar-refractivity contribution in [2.24, 2.45) is 4.99 Å². The molecule has 10 nitrogen and oxygen atoms in total. The van der Waals surface area contributed by atoms with Crippen LogP contribution in [-0.2, 0) is 14.3 Å². The molecule has 0 fully saturated rings. The largest absolute Gasteiger partial charge is 0.460 e. The number of hydrogen-bond donors (Lipinski definition) is 0. The van der Waals surface area contributed by atoms with Crippen LogP contribution in [0.3, 0.4) is 0 Å². The zero-order chi connectivity index (χ0) is 28.4. The van der Waals surface area contributed by atoms with Gasteiger partial charge in [-0.15, -0.1) is 0 Å². The van der Waals surface area contributed by atoms with Gasteiger partial charge in [-0.25, -0.2) is 9.79 Å². The molecule has 1 atom stereocenters. The molecule has 12 heteroatoms. The molecule has 0 amide bonds. The second kappa shape index (κ2) is 11.4. The molecule has 2 aromatic heterocycles. The molecule has 204 valence electrons. The van der Waals surface area contributed by atoms with Crippen LogP contribution in [0.1, 0.15) is 24.3 Å². The number of furan rings is 1. The fraction of sp³-hybridized carbons (Fsp3) is 0.179. The first kappa shape index (κ1) is 27.3. The Morgan fingerprint density at radius 2 is 1.93 bits per heavy atom. The summed E-state index contributed by atoms with van der Waals surface area (Å²) in [6.07, 6.45) is 1.55. The van der Waals surface area contributed by atoms with Gasteiger partial charge in [0.05, 0.1) is 38.9 Å². The minimum Gasteiger partial charge on any atom is -0.460 e. The molecule has 2 aromatic carbocycles. The number of carbonyl (C=O) groups excluding carboxylic acids is 1.